The van der Waals surface area contributed by atoms with Gasteiger partial charge in [-0.3, -0.25) is 4.99 Å². The van der Waals surface area contributed by atoms with Crippen LogP contribution in [0.25, 0.3) is 0 Å². The number of aliphatic imine (C=N–C) groups is 1. The molecule has 0 bridgehead atoms. The van der Waals surface area contributed by atoms with Crippen LogP contribution in [0.15, 0.2) is 21.8 Å². The minimum atomic E-state index is 0. The van der Waals surface area contributed by atoms with Gasteiger partial charge in [0.2, 0.25) is 0 Å². The van der Waals surface area contributed by atoms with E-state index in [1.54, 1.807) is 13.3 Å². The quantitative estimate of drug-likeness (QED) is 0.304. The number of hydrogen-bond donors (Lipinski definition) is 2. The maximum absolute atomic E-state index is 5.69. The Labute approximate surface area is 141 Å². The molecule has 1 aromatic heterocycles. The van der Waals surface area contributed by atoms with Crippen molar-refractivity contribution in [3.8, 4) is 0 Å². The van der Waals surface area contributed by atoms with Gasteiger partial charge in [0, 0.05) is 32.9 Å². The van der Waals surface area contributed by atoms with Crippen LogP contribution in [0.3, 0.4) is 0 Å². The summed E-state index contributed by atoms with van der Waals surface area (Å²) in [5.41, 5.74) is 0.845. The van der Waals surface area contributed by atoms with E-state index in [2.05, 4.69) is 20.8 Å². The maximum Gasteiger partial charge on any atom is 0.191 e. The lowest BCUT2D eigenvalue weighted by molar-refractivity contribution is 0.0420. The molecule has 1 fully saturated rings. The van der Waals surface area contributed by atoms with E-state index in [1.165, 1.54) is 0 Å². The Morgan fingerprint density at radius 3 is 3.10 bits per heavy atom. The molecule has 0 saturated carbocycles. The molecule has 2 rings (SSSR count). The molecule has 21 heavy (non-hydrogen) atoms. The zero-order chi connectivity index (χ0) is 14.0. The molecule has 1 saturated heterocycles. The van der Waals surface area contributed by atoms with Crippen molar-refractivity contribution < 1.29 is 14.0 Å². The summed E-state index contributed by atoms with van der Waals surface area (Å²) in [6, 6.07) is 1.82. The monoisotopic (exact) mass is 410 g/mol. The third-order valence-corrected chi connectivity index (χ3v) is 3.01. The number of nitrogens with one attached hydrogen (secondary N) is 2. The van der Waals surface area contributed by atoms with Crippen molar-refractivity contribution in [1.82, 2.24) is 15.8 Å². The first-order valence-electron chi connectivity index (χ1n) is 6.91. The van der Waals surface area contributed by atoms with Crippen LogP contribution in [0.1, 0.15) is 18.5 Å². The second kappa shape index (κ2) is 10.8. The fourth-order valence-corrected chi connectivity index (χ4v) is 1.90. The van der Waals surface area contributed by atoms with Crippen molar-refractivity contribution in [3.05, 3.63) is 18.0 Å². The summed E-state index contributed by atoms with van der Waals surface area (Å²) in [4.78, 5) is 4.14. The van der Waals surface area contributed by atoms with E-state index in [9.17, 15) is 0 Å². The first-order valence-corrected chi connectivity index (χ1v) is 6.91. The molecular weight excluding hydrogens is 387 g/mol. The van der Waals surface area contributed by atoms with Crippen molar-refractivity contribution in [1.29, 1.82) is 0 Å². The van der Waals surface area contributed by atoms with Crippen molar-refractivity contribution in [2.24, 2.45) is 4.99 Å². The number of ether oxygens (including phenoxy) is 2. The third kappa shape index (κ3) is 7.09. The molecule has 1 aromatic rings. The predicted octanol–water partition coefficient (Wildman–Crippen LogP) is 1.15. The molecule has 0 spiro atoms. The average Bonchev–Trinajstić information content (AvgIpc) is 3.14. The highest BCUT2D eigenvalue weighted by molar-refractivity contribution is 14.0. The number of hydrogen-bond acceptors (Lipinski definition) is 5. The number of rotatable bonds is 7. The highest BCUT2D eigenvalue weighted by atomic mass is 127. The Morgan fingerprint density at radius 1 is 1.52 bits per heavy atom. The minimum Gasteiger partial charge on any atom is -0.379 e. The van der Waals surface area contributed by atoms with Crippen LogP contribution in [0, 0.1) is 0 Å². The number of halogens is 1. The van der Waals surface area contributed by atoms with E-state index >= 15 is 0 Å². The molecule has 0 amide bonds. The van der Waals surface area contributed by atoms with E-state index in [0.717, 1.165) is 50.9 Å². The molecule has 7 nitrogen and oxygen atoms in total. The van der Waals surface area contributed by atoms with Crippen LogP contribution in [0.2, 0.25) is 0 Å². The van der Waals surface area contributed by atoms with Crippen molar-refractivity contribution in [3.63, 3.8) is 0 Å². The Hall–Kier alpha value is -0.870. The van der Waals surface area contributed by atoms with Gasteiger partial charge in [0.25, 0.3) is 0 Å². The van der Waals surface area contributed by atoms with Crippen LogP contribution in [-0.2, 0) is 16.0 Å². The molecule has 0 radical (unpaired) electrons. The number of guanidine groups is 1. The van der Waals surface area contributed by atoms with Gasteiger partial charge in [-0.25, -0.2) is 0 Å². The summed E-state index contributed by atoms with van der Waals surface area (Å²) in [5.74, 6) is 0.747. The molecule has 1 aliphatic rings. The van der Waals surface area contributed by atoms with Crippen LogP contribution in [-0.4, -0.2) is 50.6 Å². The molecule has 1 atom stereocenters. The molecule has 0 aromatic carbocycles. The lowest BCUT2D eigenvalue weighted by Gasteiger charge is -2.12. The van der Waals surface area contributed by atoms with Gasteiger partial charge in [-0.15, -0.1) is 24.0 Å². The Kier molecular flexibility index (Phi) is 9.35. The van der Waals surface area contributed by atoms with Crippen LogP contribution in [0.5, 0.6) is 0 Å². The van der Waals surface area contributed by atoms with Gasteiger partial charge in [0.05, 0.1) is 19.3 Å². The van der Waals surface area contributed by atoms with Gasteiger partial charge in [-0.2, -0.15) is 0 Å². The van der Waals surface area contributed by atoms with E-state index in [-0.39, 0.29) is 30.1 Å². The van der Waals surface area contributed by atoms with Crippen molar-refractivity contribution in [2.45, 2.75) is 25.5 Å². The van der Waals surface area contributed by atoms with Gasteiger partial charge in [0.15, 0.2) is 5.96 Å². The zero-order valence-electron chi connectivity index (χ0n) is 12.2. The first kappa shape index (κ1) is 18.2. The van der Waals surface area contributed by atoms with E-state index in [1.807, 2.05) is 6.07 Å². The zero-order valence-corrected chi connectivity index (χ0v) is 14.5. The maximum atomic E-state index is 5.69. The highest BCUT2D eigenvalue weighted by Gasteiger charge is 2.15. The average molecular weight is 410 g/mol. The molecule has 2 heterocycles. The lowest BCUT2D eigenvalue weighted by atomic mass is 10.3. The molecule has 120 valence electrons. The fourth-order valence-electron chi connectivity index (χ4n) is 1.90. The highest BCUT2D eigenvalue weighted by Crippen LogP contribution is 2.07. The molecule has 1 aliphatic heterocycles. The standard InChI is InChI=1S/C13H22N4O3.HI/c1-14-13(16-9-11-3-8-20-17-11)15-5-2-6-19-12-4-7-18-10-12;/h3,8,12H,2,4-7,9-10H2,1H3,(H2,14,15,16);1H. The van der Waals surface area contributed by atoms with Crippen LogP contribution < -0.4 is 10.6 Å². The third-order valence-electron chi connectivity index (χ3n) is 3.01. The summed E-state index contributed by atoms with van der Waals surface area (Å²) < 4.78 is 15.7. The minimum absolute atomic E-state index is 0. The van der Waals surface area contributed by atoms with Crippen molar-refractivity contribution >= 4 is 29.9 Å². The number of aromatic nitrogens is 1. The topological polar surface area (TPSA) is 80.9 Å². The fraction of sp³-hybridized carbons (Fsp3) is 0.692. The normalized spacial score (nSPS) is 18.3. The molecular formula is C13H23IN4O3. The summed E-state index contributed by atoms with van der Waals surface area (Å²) >= 11 is 0. The second-order valence-corrected chi connectivity index (χ2v) is 4.55. The molecule has 8 heteroatoms. The molecule has 2 N–H and O–H groups in total. The summed E-state index contributed by atoms with van der Waals surface area (Å²) in [5, 5.41) is 10.2. The molecule has 1 unspecified atom stereocenters. The first-order chi connectivity index (χ1) is 9.88. The Balaban J connectivity index is 0.00000220. The van der Waals surface area contributed by atoms with Crippen molar-refractivity contribution in [2.75, 3.05) is 33.4 Å². The van der Waals surface area contributed by atoms with Gasteiger partial charge >= 0.3 is 0 Å². The van der Waals surface area contributed by atoms with E-state index in [4.69, 9.17) is 14.0 Å². The lowest BCUT2D eigenvalue weighted by Crippen LogP contribution is -2.37. The largest absolute Gasteiger partial charge is 0.379 e. The van der Waals surface area contributed by atoms with Gasteiger partial charge < -0.3 is 24.6 Å². The summed E-state index contributed by atoms with van der Waals surface area (Å²) in [6.07, 6.45) is 3.77. The second-order valence-electron chi connectivity index (χ2n) is 4.55. The predicted molar refractivity (Wildman–Crippen MR) is 89.9 cm³/mol. The van der Waals surface area contributed by atoms with Gasteiger partial charge in [-0.05, 0) is 12.8 Å². The van der Waals surface area contributed by atoms with Crippen LogP contribution in [0.4, 0.5) is 0 Å². The Bertz CT molecular complexity index is 394. The smallest absolute Gasteiger partial charge is 0.191 e. The SMILES string of the molecule is CN=C(NCCCOC1CCOC1)NCc1ccon1.I. The van der Waals surface area contributed by atoms with Gasteiger partial charge in [-0.1, -0.05) is 5.16 Å². The summed E-state index contributed by atoms with van der Waals surface area (Å²) in [7, 11) is 1.74. The number of nitrogens with zero attached hydrogens (tertiary/aromatic N) is 2. The van der Waals surface area contributed by atoms with E-state index in [0.29, 0.717) is 6.54 Å². The Morgan fingerprint density at radius 2 is 2.43 bits per heavy atom. The van der Waals surface area contributed by atoms with Gasteiger partial charge in [0.1, 0.15) is 12.0 Å². The van der Waals surface area contributed by atoms with Crippen LogP contribution >= 0.6 is 24.0 Å². The van der Waals surface area contributed by atoms with E-state index < -0.39 is 0 Å². The molecule has 0 aliphatic carbocycles. The summed E-state index contributed by atoms with van der Waals surface area (Å²) in [6.45, 7) is 3.69.